The Bertz CT molecular complexity index is 1210. The monoisotopic (exact) mass is 442 g/mol. The normalized spacial score (nSPS) is 12.0. The molecule has 1 aromatic carbocycles. The number of thiazole rings is 1. The van der Waals surface area contributed by atoms with Gasteiger partial charge in [-0.05, 0) is 44.2 Å². The molecule has 30 heavy (non-hydrogen) atoms. The number of pyridine rings is 1. The Labute approximate surface area is 180 Å². The third kappa shape index (κ3) is 3.94. The molecule has 4 rings (SSSR count). The van der Waals surface area contributed by atoms with Crippen molar-refractivity contribution in [3.8, 4) is 16.9 Å². The summed E-state index contributed by atoms with van der Waals surface area (Å²) in [7, 11) is 0. The number of amides is 1. The highest BCUT2D eigenvalue weighted by Crippen LogP contribution is 2.25. The number of aromatic nitrogens is 5. The van der Waals surface area contributed by atoms with Crippen molar-refractivity contribution in [3.05, 3.63) is 75.3 Å². The van der Waals surface area contributed by atoms with Gasteiger partial charge in [-0.1, -0.05) is 16.8 Å². The lowest BCUT2D eigenvalue weighted by molar-refractivity contribution is 0.0934. The summed E-state index contributed by atoms with van der Waals surface area (Å²) >= 11 is 7.30. The Hall–Kier alpha value is -3.17. The summed E-state index contributed by atoms with van der Waals surface area (Å²) in [4.78, 5) is 21.4. The lowest BCUT2D eigenvalue weighted by Crippen LogP contribution is -2.27. The first kappa shape index (κ1) is 20.1. The van der Waals surface area contributed by atoms with Gasteiger partial charge in [0.15, 0.2) is 5.69 Å². The van der Waals surface area contributed by atoms with E-state index >= 15 is 0 Å². The van der Waals surface area contributed by atoms with Gasteiger partial charge in [0.2, 0.25) is 0 Å². The summed E-state index contributed by atoms with van der Waals surface area (Å²) < 4.78 is 14.9. The fraction of sp³-hybridized carbons (Fsp3) is 0.150. The van der Waals surface area contributed by atoms with Gasteiger partial charge in [-0.2, -0.15) is 0 Å². The van der Waals surface area contributed by atoms with Gasteiger partial charge in [-0.15, -0.1) is 16.4 Å². The molecule has 0 aliphatic carbocycles. The van der Waals surface area contributed by atoms with Gasteiger partial charge >= 0.3 is 0 Å². The number of hydrogen-bond acceptors (Lipinski definition) is 6. The second kappa shape index (κ2) is 8.29. The molecule has 1 atom stereocenters. The third-order valence-corrected chi connectivity index (χ3v) is 5.77. The molecular weight excluding hydrogens is 427 g/mol. The predicted molar refractivity (Wildman–Crippen MR) is 112 cm³/mol. The molecule has 0 fully saturated rings. The largest absolute Gasteiger partial charge is 0.342 e. The van der Waals surface area contributed by atoms with E-state index in [1.807, 2.05) is 24.4 Å². The highest BCUT2D eigenvalue weighted by molar-refractivity contribution is 7.10. The topological polar surface area (TPSA) is 85.6 Å². The van der Waals surface area contributed by atoms with Crippen molar-refractivity contribution in [1.82, 2.24) is 30.3 Å². The quantitative estimate of drug-likeness (QED) is 0.495. The van der Waals surface area contributed by atoms with Crippen LogP contribution in [-0.4, -0.2) is 30.9 Å². The Morgan fingerprint density at radius 2 is 2.17 bits per heavy atom. The molecule has 0 spiro atoms. The number of nitrogens with one attached hydrogen (secondary N) is 1. The van der Waals surface area contributed by atoms with Crippen LogP contribution in [0.2, 0.25) is 5.02 Å². The van der Waals surface area contributed by atoms with Crippen molar-refractivity contribution in [2.24, 2.45) is 0 Å². The number of benzene rings is 1. The molecule has 0 bridgehead atoms. The molecule has 1 unspecified atom stereocenters. The first-order chi connectivity index (χ1) is 14.4. The van der Waals surface area contributed by atoms with Gasteiger partial charge in [0, 0.05) is 23.3 Å². The summed E-state index contributed by atoms with van der Waals surface area (Å²) in [5, 5.41) is 13.5. The van der Waals surface area contributed by atoms with Gasteiger partial charge < -0.3 is 5.32 Å². The van der Waals surface area contributed by atoms with Crippen LogP contribution in [0.15, 0.2) is 48.1 Å². The highest BCUT2D eigenvalue weighted by Gasteiger charge is 2.21. The zero-order valence-corrected chi connectivity index (χ0v) is 17.6. The van der Waals surface area contributed by atoms with E-state index in [1.165, 1.54) is 34.2 Å². The maximum atomic E-state index is 13.4. The predicted octanol–water partition coefficient (Wildman–Crippen LogP) is 4.38. The van der Waals surface area contributed by atoms with Gasteiger partial charge in [-0.3, -0.25) is 9.78 Å². The molecule has 0 aliphatic heterocycles. The molecule has 3 heterocycles. The minimum Gasteiger partial charge on any atom is -0.342 e. The van der Waals surface area contributed by atoms with Crippen LogP contribution < -0.4 is 5.32 Å². The molecule has 0 aliphatic rings. The Kier molecular flexibility index (Phi) is 5.56. The van der Waals surface area contributed by atoms with E-state index in [2.05, 4.69) is 25.6 Å². The van der Waals surface area contributed by atoms with Crippen LogP contribution in [0.3, 0.4) is 0 Å². The lowest BCUT2D eigenvalue weighted by Gasteiger charge is -2.10. The van der Waals surface area contributed by atoms with E-state index < -0.39 is 5.82 Å². The minimum atomic E-state index is -0.529. The van der Waals surface area contributed by atoms with Gasteiger partial charge in [0.25, 0.3) is 5.91 Å². The second-order valence-corrected chi connectivity index (χ2v) is 7.84. The van der Waals surface area contributed by atoms with E-state index in [0.29, 0.717) is 11.4 Å². The van der Waals surface area contributed by atoms with E-state index in [1.54, 1.807) is 19.3 Å². The van der Waals surface area contributed by atoms with Crippen molar-refractivity contribution in [3.63, 3.8) is 0 Å². The van der Waals surface area contributed by atoms with Crippen molar-refractivity contribution >= 4 is 28.8 Å². The molecule has 0 radical (unpaired) electrons. The molecule has 4 aromatic rings. The number of carbonyl (C=O) groups excluding carboxylic acids is 1. The average Bonchev–Trinajstić information content (AvgIpc) is 3.38. The van der Waals surface area contributed by atoms with Crippen LogP contribution >= 0.6 is 22.9 Å². The molecule has 1 amide bonds. The summed E-state index contributed by atoms with van der Waals surface area (Å²) in [5.41, 5.74) is 2.92. The molecule has 3 aromatic heterocycles. The van der Waals surface area contributed by atoms with Crippen molar-refractivity contribution in [1.29, 1.82) is 0 Å². The number of nitrogens with zero attached hydrogens (tertiary/aromatic N) is 5. The van der Waals surface area contributed by atoms with Crippen LogP contribution in [0, 0.1) is 12.7 Å². The van der Waals surface area contributed by atoms with E-state index in [9.17, 15) is 9.18 Å². The van der Waals surface area contributed by atoms with Gasteiger partial charge in [0.05, 0.1) is 28.1 Å². The van der Waals surface area contributed by atoms with Crippen molar-refractivity contribution < 1.29 is 9.18 Å². The van der Waals surface area contributed by atoms with E-state index in [4.69, 9.17) is 11.6 Å². The summed E-state index contributed by atoms with van der Waals surface area (Å²) in [5.74, 6) is -0.906. The van der Waals surface area contributed by atoms with Crippen LogP contribution in [0.1, 0.15) is 34.2 Å². The van der Waals surface area contributed by atoms with Crippen molar-refractivity contribution in [2.45, 2.75) is 19.9 Å². The van der Waals surface area contributed by atoms with Gasteiger partial charge in [0.1, 0.15) is 10.8 Å². The number of rotatable bonds is 5. The Morgan fingerprint density at radius 1 is 1.33 bits per heavy atom. The molecule has 7 nitrogen and oxygen atoms in total. The smallest absolute Gasteiger partial charge is 0.274 e. The number of hydrogen-bond donors (Lipinski definition) is 1. The highest BCUT2D eigenvalue weighted by atomic mass is 35.5. The fourth-order valence-corrected chi connectivity index (χ4v) is 3.87. The maximum absolute atomic E-state index is 13.4. The number of halogens is 2. The number of carbonyl (C=O) groups is 1. The standard InChI is InChI=1S/C20H16ClFN6OS/c1-11(20-25-17(10-30-20)13-4-3-7-23-9-13)24-19(29)18-12(2)28(27-26-18)14-5-6-16(22)15(21)8-14/h3-11H,1-2H3,(H,24,29). The first-order valence-corrected chi connectivity index (χ1v) is 10.2. The SMILES string of the molecule is Cc1c(C(=O)NC(C)c2nc(-c3cccnc3)cs2)nnn1-c1ccc(F)c(Cl)c1. The summed E-state index contributed by atoms with van der Waals surface area (Å²) in [6.45, 7) is 3.56. The lowest BCUT2D eigenvalue weighted by atomic mass is 10.2. The van der Waals surface area contributed by atoms with Crippen LogP contribution in [0.4, 0.5) is 4.39 Å². The summed E-state index contributed by atoms with van der Waals surface area (Å²) in [6, 6.07) is 7.64. The minimum absolute atomic E-state index is 0.0322. The van der Waals surface area contributed by atoms with Crippen LogP contribution in [0.25, 0.3) is 16.9 Å². The molecule has 10 heteroatoms. The zero-order valence-electron chi connectivity index (χ0n) is 16.0. The second-order valence-electron chi connectivity index (χ2n) is 6.54. The van der Waals surface area contributed by atoms with Crippen molar-refractivity contribution in [2.75, 3.05) is 0 Å². The molecule has 0 saturated heterocycles. The molecule has 0 saturated carbocycles. The average molecular weight is 443 g/mol. The third-order valence-electron chi connectivity index (χ3n) is 4.45. The maximum Gasteiger partial charge on any atom is 0.274 e. The Balaban J connectivity index is 1.51. The Morgan fingerprint density at radius 3 is 2.90 bits per heavy atom. The summed E-state index contributed by atoms with van der Waals surface area (Å²) in [6.07, 6.45) is 3.44. The van der Waals surface area contributed by atoms with E-state index in [0.717, 1.165) is 16.3 Å². The molecule has 152 valence electrons. The first-order valence-electron chi connectivity index (χ1n) is 8.98. The fourth-order valence-electron chi connectivity index (χ4n) is 2.86. The molecule has 1 N–H and O–H groups in total. The van der Waals surface area contributed by atoms with E-state index in [-0.39, 0.29) is 22.7 Å². The van der Waals surface area contributed by atoms with Gasteiger partial charge in [-0.25, -0.2) is 14.1 Å². The van der Waals surface area contributed by atoms with Crippen LogP contribution in [-0.2, 0) is 0 Å². The zero-order chi connectivity index (χ0) is 21.3. The van der Waals surface area contributed by atoms with Crippen LogP contribution in [0.5, 0.6) is 0 Å². The molecular formula is C20H16ClFN6OS.